The molecule has 21 heavy (non-hydrogen) atoms. The zero-order valence-electron chi connectivity index (χ0n) is 11.9. The van der Waals surface area contributed by atoms with Crippen LogP contribution >= 0.6 is 0 Å². The van der Waals surface area contributed by atoms with Crippen molar-refractivity contribution in [2.45, 2.75) is 31.6 Å². The Balaban J connectivity index is 1.84. The van der Waals surface area contributed by atoms with Gasteiger partial charge in [0.1, 0.15) is 0 Å². The quantitative estimate of drug-likeness (QED) is 0.864. The molecular formula is C15H18N2O3S. The highest BCUT2D eigenvalue weighted by atomic mass is 32.2. The van der Waals surface area contributed by atoms with E-state index in [4.69, 9.17) is 4.74 Å². The summed E-state index contributed by atoms with van der Waals surface area (Å²) in [5.41, 5.74) is 2.72. The third-order valence-electron chi connectivity index (χ3n) is 3.66. The maximum absolute atomic E-state index is 12.3. The summed E-state index contributed by atoms with van der Waals surface area (Å²) >= 11 is 0. The van der Waals surface area contributed by atoms with Gasteiger partial charge in [-0.15, -0.1) is 0 Å². The smallest absolute Gasteiger partial charge is 0.158 e. The molecular weight excluding hydrogens is 288 g/mol. The molecule has 1 aliphatic rings. The molecule has 1 aliphatic heterocycles. The van der Waals surface area contributed by atoms with Gasteiger partial charge in [-0.2, -0.15) is 0 Å². The van der Waals surface area contributed by atoms with E-state index in [1.807, 2.05) is 24.3 Å². The summed E-state index contributed by atoms with van der Waals surface area (Å²) in [5, 5.41) is 0. The summed E-state index contributed by atoms with van der Waals surface area (Å²) < 4.78 is 30.0. The van der Waals surface area contributed by atoms with Crippen molar-refractivity contribution in [2.24, 2.45) is 0 Å². The molecule has 6 heteroatoms. The van der Waals surface area contributed by atoms with Crippen LogP contribution in [-0.2, 0) is 20.3 Å². The van der Waals surface area contributed by atoms with Crippen LogP contribution in [0.2, 0.25) is 0 Å². The molecule has 1 saturated heterocycles. The summed E-state index contributed by atoms with van der Waals surface area (Å²) in [6.45, 7) is 2.46. The Morgan fingerprint density at radius 2 is 1.95 bits per heavy atom. The molecule has 1 aromatic carbocycles. The van der Waals surface area contributed by atoms with Crippen LogP contribution in [0.25, 0.3) is 11.0 Å². The monoisotopic (exact) mass is 306 g/mol. The number of para-hydroxylation sites is 2. The third-order valence-corrected chi connectivity index (χ3v) is 5.26. The maximum atomic E-state index is 12.3. The number of aromatic nitrogens is 2. The largest absolute Gasteiger partial charge is 0.377 e. The summed E-state index contributed by atoms with van der Waals surface area (Å²) in [7, 11) is -3.24. The first-order valence-electron chi connectivity index (χ1n) is 7.08. The van der Waals surface area contributed by atoms with E-state index in [0.717, 1.165) is 23.9 Å². The van der Waals surface area contributed by atoms with E-state index in [-0.39, 0.29) is 17.6 Å². The van der Waals surface area contributed by atoms with E-state index in [0.29, 0.717) is 18.0 Å². The van der Waals surface area contributed by atoms with Gasteiger partial charge >= 0.3 is 0 Å². The van der Waals surface area contributed by atoms with E-state index in [9.17, 15) is 8.42 Å². The number of rotatable bonds is 4. The molecule has 0 aliphatic carbocycles. The van der Waals surface area contributed by atoms with Crippen molar-refractivity contribution in [2.75, 3.05) is 12.4 Å². The molecule has 0 N–H and O–H groups in total. The zero-order valence-corrected chi connectivity index (χ0v) is 12.8. The lowest BCUT2D eigenvalue weighted by Gasteiger charge is -2.11. The van der Waals surface area contributed by atoms with Crippen LogP contribution in [0.15, 0.2) is 24.3 Å². The lowest BCUT2D eigenvalue weighted by Crippen LogP contribution is -2.22. The predicted molar refractivity (Wildman–Crippen MR) is 80.7 cm³/mol. The Morgan fingerprint density at radius 1 is 1.24 bits per heavy atom. The standard InChI is InChI=1S/C15H18N2O3S/c1-11-15(17-14-7-3-2-6-13(14)16-11)10-21(18,19)9-12-5-4-8-20-12/h2-3,6-7,12H,4-5,8-10H2,1H3. The minimum absolute atomic E-state index is 0.0704. The van der Waals surface area contributed by atoms with Gasteiger partial charge in [-0.25, -0.2) is 18.4 Å². The second-order valence-electron chi connectivity index (χ2n) is 5.43. The Hall–Kier alpha value is -1.53. The second kappa shape index (κ2) is 5.69. The summed E-state index contributed by atoms with van der Waals surface area (Å²) in [6, 6.07) is 7.49. The average Bonchev–Trinajstić information content (AvgIpc) is 2.91. The molecule has 5 nitrogen and oxygen atoms in total. The number of fused-ring (bicyclic) bond motifs is 1. The molecule has 0 radical (unpaired) electrons. The van der Waals surface area contributed by atoms with Crippen LogP contribution in [0.4, 0.5) is 0 Å². The van der Waals surface area contributed by atoms with Gasteiger partial charge in [0.15, 0.2) is 9.84 Å². The molecule has 0 bridgehead atoms. The SMILES string of the molecule is Cc1nc2ccccc2nc1CS(=O)(=O)CC1CCCO1. The van der Waals surface area contributed by atoms with Crippen molar-refractivity contribution in [3.05, 3.63) is 35.7 Å². The Labute approximate surface area is 124 Å². The average molecular weight is 306 g/mol. The van der Waals surface area contributed by atoms with Crippen LogP contribution in [-0.4, -0.2) is 36.8 Å². The normalized spacial score (nSPS) is 19.2. The van der Waals surface area contributed by atoms with Crippen molar-refractivity contribution in [1.29, 1.82) is 0 Å². The molecule has 2 aromatic rings. The van der Waals surface area contributed by atoms with Crippen molar-refractivity contribution < 1.29 is 13.2 Å². The molecule has 1 unspecified atom stereocenters. The number of ether oxygens (including phenoxy) is 1. The van der Waals surface area contributed by atoms with Gasteiger partial charge in [0.25, 0.3) is 0 Å². The molecule has 1 aromatic heterocycles. The topological polar surface area (TPSA) is 69.2 Å². The van der Waals surface area contributed by atoms with Crippen LogP contribution in [0, 0.1) is 6.92 Å². The highest BCUT2D eigenvalue weighted by Crippen LogP contribution is 2.18. The summed E-state index contributed by atoms with van der Waals surface area (Å²) in [6.07, 6.45) is 1.60. The van der Waals surface area contributed by atoms with Crippen LogP contribution < -0.4 is 0 Å². The minimum atomic E-state index is -3.24. The van der Waals surface area contributed by atoms with Gasteiger partial charge in [0.05, 0.1) is 40.0 Å². The fraction of sp³-hybridized carbons (Fsp3) is 0.467. The van der Waals surface area contributed by atoms with E-state index < -0.39 is 9.84 Å². The number of sulfone groups is 1. The molecule has 2 heterocycles. The molecule has 3 rings (SSSR count). The van der Waals surface area contributed by atoms with Gasteiger partial charge < -0.3 is 4.74 Å². The fourth-order valence-electron chi connectivity index (χ4n) is 2.59. The maximum Gasteiger partial charge on any atom is 0.158 e. The molecule has 0 spiro atoms. The first kappa shape index (κ1) is 14.4. The van der Waals surface area contributed by atoms with Gasteiger partial charge in [-0.1, -0.05) is 12.1 Å². The number of nitrogens with zero attached hydrogens (tertiary/aromatic N) is 2. The second-order valence-corrected chi connectivity index (χ2v) is 7.54. The van der Waals surface area contributed by atoms with Crippen LogP contribution in [0.3, 0.4) is 0 Å². The lowest BCUT2D eigenvalue weighted by molar-refractivity contribution is 0.127. The van der Waals surface area contributed by atoms with E-state index in [1.54, 1.807) is 6.92 Å². The Bertz CT molecular complexity index is 753. The molecule has 1 atom stereocenters. The van der Waals surface area contributed by atoms with Gasteiger partial charge in [0.2, 0.25) is 0 Å². The first-order valence-corrected chi connectivity index (χ1v) is 8.90. The third kappa shape index (κ3) is 3.39. The van der Waals surface area contributed by atoms with E-state index in [1.165, 1.54) is 0 Å². The predicted octanol–water partition coefficient (Wildman–Crippen LogP) is 2.03. The van der Waals surface area contributed by atoms with E-state index >= 15 is 0 Å². The molecule has 112 valence electrons. The van der Waals surface area contributed by atoms with Crippen LogP contribution in [0.1, 0.15) is 24.2 Å². The number of hydrogen-bond donors (Lipinski definition) is 0. The summed E-state index contributed by atoms with van der Waals surface area (Å²) in [4.78, 5) is 8.89. The van der Waals surface area contributed by atoms with Crippen molar-refractivity contribution >= 4 is 20.9 Å². The Kier molecular flexibility index (Phi) is 3.91. The van der Waals surface area contributed by atoms with Gasteiger partial charge in [0, 0.05) is 6.61 Å². The molecule has 0 saturated carbocycles. The van der Waals surface area contributed by atoms with E-state index in [2.05, 4.69) is 9.97 Å². The fourth-order valence-corrected chi connectivity index (χ4v) is 4.22. The highest BCUT2D eigenvalue weighted by molar-refractivity contribution is 7.90. The Morgan fingerprint density at radius 3 is 2.62 bits per heavy atom. The lowest BCUT2D eigenvalue weighted by atomic mass is 10.2. The minimum Gasteiger partial charge on any atom is -0.377 e. The number of benzene rings is 1. The van der Waals surface area contributed by atoms with Crippen molar-refractivity contribution in [3.63, 3.8) is 0 Å². The van der Waals surface area contributed by atoms with Crippen LogP contribution in [0.5, 0.6) is 0 Å². The van der Waals surface area contributed by atoms with Crippen molar-refractivity contribution in [3.8, 4) is 0 Å². The first-order chi connectivity index (χ1) is 10.0. The summed E-state index contributed by atoms with van der Waals surface area (Å²) in [5.74, 6) is -0.00251. The zero-order chi connectivity index (χ0) is 14.9. The number of hydrogen-bond acceptors (Lipinski definition) is 5. The number of aryl methyl sites for hydroxylation is 1. The van der Waals surface area contributed by atoms with Gasteiger partial charge in [-0.3, -0.25) is 0 Å². The van der Waals surface area contributed by atoms with Crippen molar-refractivity contribution in [1.82, 2.24) is 9.97 Å². The molecule has 0 amide bonds. The van der Waals surface area contributed by atoms with Gasteiger partial charge in [-0.05, 0) is 31.9 Å². The molecule has 1 fully saturated rings. The highest BCUT2D eigenvalue weighted by Gasteiger charge is 2.24.